The van der Waals surface area contributed by atoms with Crippen LogP contribution in [0.2, 0.25) is 0 Å². The maximum Gasteiger partial charge on any atom is 0.234 e. The molecule has 38 heavy (non-hydrogen) atoms. The second-order valence-electron chi connectivity index (χ2n) is 8.33. The van der Waals surface area contributed by atoms with E-state index < -0.39 is 0 Å². The zero-order chi connectivity index (χ0) is 26.1. The summed E-state index contributed by atoms with van der Waals surface area (Å²) in [6.45, 7) is 0.171. The smallest absolute Gasteiger partial charge is 0.234 e. The zero-order valence-corrected chi connectivity index (χ0v) is 21.4. The van der Waals surface area contributed by atoms with Crippen molar-refractivity contribution in [3.05, 3.63) is 66.9 Å². The highest BCUT2D eigenvalue weighted by Gasteiger charge is 2.23. The van der Waals surface area contributed by atoms with Gasteiger partial charge in [0, 0.05) is 40.5 Å². The third kappa shape index (κ3) is 4.37. The number of carbonyl (C=O) groups is 1. The second kappa shape index (κ2) is 10.0. The Morgan fingerprint density at radius 1 is 1.05 bits per heavy atom. The van der Waals surface area contributed by atoms with Crippen molar-refractivity contribution in [2.75, 3.05) is 32.1 Å². The van der Waals surface area contributed by atoms with Crippen molar-refractivity contribution in [2.45, 2.75) is 5.16 Å². The Labute approximate surface area is 221 Å². The van der Waals surface area contributed by atoms with Crippen LogP contribution in [-0.2, 0) is 4.79 Å². The molecule has 0 saturated heterocycles. The number of aromatic amines is 1. The third-order valence-corrected chi connectivity index (χ3v) is 7.01. The van der Waals surface area contributed by atoms with E-state index in [1.807, 2.05) is 53.2 Å². The number of fused-ring (bicyclic) bond motifs is 2. The number of H-pyrrole nitrogens is 1. The van der Waals surface area contributed by atoms with Gasteiger partial charge in [-0.1, -0.05) is 30.0 Å². The summed E-state index contributed by atoms with van der Waals surface area (Å²) in [5.41, 5.74) is 3.16. The van der Waals surface area contributed by atoms with Crippen molar-refractivity contribution in [3.63, 3.8) is 0 Å². The maximum absolute atomic E-state index is 12.9. The van der Waals surface area contributed by atoms with E-state index in [-0.39, 0.29) is 18.5 Å². The van der Waals surface area contributed by atoms with Crippen LogP contribution in [0, 0.1) is 0 Å². The van der Waals surface area contributed by atoms with Crippen LogP contribution < -0.4 is 24.3 Å². The largest absolute Gasteiger partial charge is 0.497 e. The Hall–Kier alpha value is -4.64. The minimum absolute atomic E-state index is 0.104. The summed E-state index contributed by atoms with van der Waals surface area (Å²) in [6, 6.07) is 18.8. The number of aromatic nitrogens is 4. The highest BCUT2D eigenvalue weighted by atomic mass is 32.2. The van der Waals surface area contributed by atoms with Gasteiger partial charge in [0.1, 0.15) is 11.5 Å². The molecule has 2 N–H and O–H groups in total. The first kappa shape index (κ1) is 23.7. The molecule has 6 rings (SSSR count). The first-order valence-corrected chi connectivity index (χ1v) is 12.7. The molecule has 0 unspecified atom stereocenters. The summed E-state index contributed by atoms with van der Waals surface area (Å²) in [6.07, 6.45) is 1.90. The number of methoxy groups -OCH3 is 2. The van der Waals surface area contributed by atoms with Crippen molar-refractivity contribution in [1.29, 1.82) is 0 Å². The minimum atomic E-state index is -0.199. The number of nitrogens with one attached hydrogen (secondary N) is 2. The molecule has 1 aliphatic heterocycles. The van der Waals surface area contributed by atoms with Gasteiger partial charge >= 0.3 is 0 Å². The summed E-state index contributed by atoms with van der Waals surface area (Å²) in [4.78, 5) is 16.2. The lowest BCUT2D eigenvalue weighted by Crippen LogP contribution is -2.14. The molecule has 0 bridgehead atoms. The molecular formula is C27H23N5O5S. The molecule has 0 radical (unpaired) electrons. The molecule has 0 fully saturated rings. The van der Waals surface area contributed by atoms with Gasteiger partial charge in [-0.25, -0.2) is 0 Å². The first-order chi connectivity index (χ1) is 18.6. The van der Waals surface area contributed by atoms with Gasteiger partial charge in [-0.15, -0.1) is 10.2 Å². The van der Waals surface area contributed by atoms with Crippen LogP contribution in [0.15, 0.2) is 72.0 Å². The van der Waals surface area contributed by atoms with E-state index in [1.54, 1.807) is 32.4 Å². The van der Waals surface area contributed by atoms with Gasteiger partial charge in [-0.05, 0) is 30.3 Å². The molecule has 5 aromatic rings. The van der Waals surface area contributed by atoms with Crippen LogP contribution in [0.1, 0.15) is 0 Å². The van der Waals surface area contributed by atoms with E-state index in [1.165, 1.54) is 11.8 Å². The summed E-state index contributed by atoms with van der Waals surface area (Å²) in [5.74, 6) is 3.02. The topological polar surface area (TPSA) is 113 Å². The molecular weight excluding hydrogens is 506 g/mol. The molecule has 0 aliphatic carbocycles. The number of nitrogens with zero attached hydrogens (tertiary/aromatic N) is 3. The van der Waals surface area contributed by atoms with E-state index in [2.05, 4.69) is 20.5 Å². The number of ether oxygens (including phenoxy) is 4. The van der Waals surface area contributed by atoms with Gasteiger partial charge in [0.2, 0.25) is 12.7 Å². The van der Waals surface area contributed by atoms with Crippen molar-refractivity contribution in [2.24, 2.45) is 0 Å². The van der Waals surface area contributed by atoms with E-state index in [9.17, 15) is 4.79 Å². The normalized spacial score (nSPS) is 12.1. The molecule has 0 spiro atoms. The van der Waals surface area contributed by atoms with Gasteiger partial charge in [-0.2, -0.15) is 0 Å². The number of hydrogen-bond acceptors (Lipinski definition) is 8. The molecule has 192 valence electrons. The number of benzene rings is 3. The number of para-hydroxylation sites is 1. The summed E-state index contributed by atoms with van der Waals surface area (Å²) >= 11 is 1.27. The van der Waals surface area contributed by atoms with Gasteiger partial charge in [-0.3, -0.25) is 9.36 Å². The quantitative estimate of drug-likeness (QED) is 0.273. The van der Waals surface area contributed by atoms with Gasteiger partial charge < -0.3 is 29.2 Å². The van der Waals surface area contributed by atoms with Crippen LogP contribution in [0.3, 0.4) is 0 Å². The number of rotatable bonds is 8. The summed E-state index contributed by atoms with van der Waals surface area (Å²) in [5, 5.41) is 13.4. The lowest BCUT2D eigenvalue weighted by molar-refractivity contribution is -0.113. The summed E-state index contributed by atoms with van der Waals surface area (Å²) in [7, 11) is 3.21. The first-order valence-electron chi connectivity index (χ1n) is 11.7. The molecule has 0 saturated carbocycles. The molecule has 1 aliphatic rings. The number of amides is 1. The Kier molecular flexibility index (Phi) is 6.26. The fraction of sp³-hybridized carbons (Fsp3) is 0.148. The highest BCUT2D eigenvalue weighted by Crippen LogP contribution is 2.37. The molecule has 2 aromatic heterocycles. The fourth-order valence-corrected chi connectivity index (χ4v) is 5.03. The predicted octanol–water partition coefficient (Wildman–Crippen LogP) is 4.89. The van der Waals surface area contributed by atoms with Crippen LogP contribution in [-0.4, -0.2) is 52.4 Å². The minimum Gasteiger partial charge on any atom is -0.497 e. The second-order valence-corrected chi connectivity index (χ2v) is 9.27. The maximum atomic E-state index is 12.9. The van der Waals surface area contributed by atoms with Crippen LogP contribution in [0.25, 0.3) is 28.0 Å². The molecule has 1 amide bonds. The molecule has 0 atom stereocenters. The number of carbonyl (C=O) groups excluding carboxylic acids is 1. The van der Waals surface area contributed by atoms with Crippen molar-refractivity contribution in [1.82, 2.24) is 19.7 Å². The Morgan fingerprint density at radius 2 is 1.92 bits per heavy atom. The lowest BCUT2D eigenvalue weighted by atomic mass is 10.1. The van der Waals surface area contributed by atoms with E-state index >= 15 is 0 Å². The number of thioether (sulfide) groups is 1. The molecule has 3 aromatic carbocycles. The summed E-state index contributed by atoms with van der Waals surface area (Å²) < 4.78 is 23.8. The average Bonchev–Trinajstić information content (AvgIpc) is 3.69. The lowest BCUT2D eigenvalue weighted by Gasteiger charge is -2.15. The third-order valence-electron chi connectivity index (χ3n) is 6.08. The van der Waals surface area contributed by atoms with Crippen molar-refractivity contribution in [3.8, 4) is 40.1 Å². The van der Waals surface area contributed by atoms with Gasteiger partial charge in [0.25, 0.3) is 0 Å². The van der Waals surface area contributed by atoms with Crippen LogP contribution >= 0.6 is 11.8 Å². The predicted molar refractivity (Wildman–Crippen MR) is 144 cm³/mol. The fourth-order valence-electron chi connectivity index (χ4n) is 4.28. The van der Waals surface area contributed by atoms with E-state index in [0.717, 1.165) is 16.5 Å². The molecule has 3 heterocycles. The average molecular weight is 530 g/mol. The highest BCUT2D eigenvalue weighted by molar-refractivity contribution is 7.99. The molecule has 11 heteroatoms. The van der Waals surface area contributed by atoms with E-state index in [0.29, 0.717) is 45.4 Å². The van der Waals surface area contributed by atoms with Crippen molar-refractivity contribution < 1.29 is 23.7 Å². The SMILES string of the molecule is COc1ccc(OC)c(-n2c(SCC(=O)Nc3ccc4c(c3)OCO4)nnc2-c2c[nH]c3ccccc23)c1. The Balaban J connectivity index is 1.35. The van der Waals surface area contributed by atoms with Crippen LogP contribution in [0.5, 0.6) is 23.0 Å². The number of anilines is 1. The standard InChI is InChI=1S/C27H23N5O5S/c1-34-17-8-10-22(35-2)21(12-17)32-26(19-13-28-20-6-4-3-5-18(19)20)30-31-27(32)38-14-25(33)29-16-7-9-23-24(11-16)37-15-36-23/h3-13,28H,14-15H2,1-2H3,(H,29,33). The Morgan fingerprint density at radius 3 is 2.79 bits per heavy atom. The van der Waals surface area contributed by atoms with Crippen molar-refractivity contribution >= 4 is 34.3 Å². The zero-order valence-electron chi connectivity index (χ0n) is 20.6. The number of hydrogen-bond donors (Lipinski definition) is 2. The van der Waals surface area contributed by atoms with E-state index in [4.69, 9.17) is 18.9 Å². The molecule has 10 nitrogen and oxygen atoms in total. The monoisotopic (exact) mass is 529 g/mol. The van der Waals surface area contributed by atoms with Gasteiger partial charge in [0.05, 0.1) is 25.7 Å². The Bertz CT molecular complexity index is 1650. The van der Waals surface area contributed by atoms with Crippen LogP contribution in [0.4, 0.5) is 5.69 Å². The van der Waals surface area contributed by atoms with Gasteiger partial charge in [0.15, 0.2) is 22.5 Å².